The Morgan fingerprint density at radius 3 is 2.44 bits per heavy atom. The van der Waals surface area contributed by atoms with Crippen LogP contribution >= 0.6 is 11.8 Å². The third kappa shape index (κ3) is 5.28. The van der Waals surface area contributed by atoms with Crippen LogP contribution in [0.3, 0.4) is 0 Å². The van der Waals surface area contributed by atoms with Crippen molar-refractivity contribution in [2.45, 2.75) is 56.2 Å². The molecule has 1 aromatic carbocycles. The lowest BCUT2D eigenvalue weighted by Gasteiger charge is -2.35. The zero-order chi connectivity index (χ0) is 19.2. The molecule has 2 amide bonds. The summed E-state index contributed by atoms with van der Waals surface area (Å²) in [4.78, 5) is 29.3. The topological polar surface area (TPSA) is 40.6 Å². The van der Waals surface area contributed by atoms with Crippen molar-refractivity contribution in [3.05, 3.63) is 35.9 Å². The molecule has 0 aromatic heterocycles. The number of carbonyl (C=O) groups is 2. The number of hydrogen-bond donors (Lipinski definition) is 0. The minimum absolute atomic E-state index is 0.0847. The van der Waals surface area contributed by atoms with E-state index in [0.717, 1.165) is 45.2 Å². The first-order valence-electron chi connectivity index (χ1n) is 10.2. The lowest BCUT2D eigenvalue weighted by atomic mass is 9.94. The monoisotopic (exact) mass is 388 g/mol. The summed E-state index contributed by atoms with van der Waals surface area (Å²) >= 11 is 1.93. The van der Waals surface area contributed by atoms with Crippen molar-refractivity contribution in [2.24, 2.45) is 5.92 Å². The number of benzene rings is 1. The first kappa shape index (κ1) is 20.2. The van der Waals surface area contributed by atoms with E-state index in [1.54, 1.807) is 0 Å². The number of amides is 2. The molecule has 4 nitrogen and oxygen atoms in total. The largest absolute Gasteiger partial charge is 0.343 e. The van der Waals surface area contributed by atoms with Gasteiger partial charge in [-0.2, -0.15) is 11.8 Å². The molecule has 27 heavy (non-hydrogen) atoms. The fourth-order valence-electron chi connectivity index (χ4n) is 4.38. The minimum atomic E-state index is 0.0847. The lowest BCUT2D eigenvalue weighted by molar-refractivity contribution is -0.141. The Morgan fingerprint density at radius 1 is 1.11 bits per heavy atom. The molecule has 1 heterocycles. The molecular weight excluding hydrogens is 356 g/mol. The minimum Gasteiger partial charge on any atom is -0.343 e. The summed E-state index contributed by atoms with van der Waals surface area (Å²) in [6.07, 6.45) is 8.60. The molecular formula is C22H32N2O2S. The molecule has 0 N–H and O–H groups in total. The highest BCUT2D eigenvalue weighted by atomic mass is 32.2. The van der Waals surface area contributed by atoms with Gasteiger partial charge in [0.25, 0.3) is 0 Å². The summed E-state index contributed by atoms with van der Waals surface area (Å²) < 4.78 is 0. The lowest BCUT2D eigenvalue weighted by Crippen LogP contribution is -2.45. The van der Waals surface area contributed by atoms with Crippen LogP contribution in [0.5, 0.6) is 0 Å². The van der Waals surface area contributed by atoms with Gasteiger partial charge in [-0.3, -0.25) is 9.59 Å². The molecule has 2 atom stereocenters. The van der Waals surface area contributed by atoms with E-state index in [1.807, 2.05) is 46.8 Å². The van der Waals surface area contributed by atoms with Crippen LogP contribution in [0.4, 0.5) is 0 Å². The van der Waals surface area contributed by atoms with Crippen LogP contribution in [-0.4, -0.2) is 59.3 Å². The van der Waals surface area contributed by atoms with Gasteiger partial charge < -0.3 is 9.80 Å². The van der Waals surface area contributed by atoms with Gasteiger partial charge in [0.05, 0.1) is 0 Å². The van der Waals surface area contributed by atoms with Crippen molar-refractivity contribution in [3.63, 3.8) is 0 Å². The van der Waals surface area contributed by atoms with Crippen molar-refractivity contribution < 1.29 is 9.59 Å². The first-order valence-corrected chi connectivity index (χ1v) is 11.5. The quantitative estimate of drug-likeness (QED) is 0.748. The van der Waals surface area contributed by atoms with E-state index in [1.165, 1.54) is 12.0 Å². The van der Waals surface area contributed by atoms with Crippen molar-refractivity contribution in [3.8, 4) is 0 Å². The number of carbonyl (C=O) groups excluding carboxylic acids is 2. The van der Waals surface area contributed by atoms with E-state index in [0.29, 0.717) is 17.7 Å². The second kappa shape index (κ2) is 9.63. The zero-order valence-corrected chi connectivity index (χ0v) is 17.4. The number of nitrogens with zero attached hydrogens (tertiary/aromatic N) is 2. The molecule has 148 valence electrons. The Morgan fingerprint density at radius 2 is 1.81 bits per heavy atom. The van der Waals surface area contributed by atoms with E-state index < -0.39 is 0 Å². The SMILES string of the molecule is CSC1CCC(N(C)C(=O)C2CCN(C(=O)CCc3ccccc3)CC2)C1. The summed E-state index contributed by atoms with van der Waals surface area (Å²) in [5.74, 6) is 0.594. The van der Waals surface area contributed by atoms with Crippen molar-refractivity contribution in [2.75, 3.05) is 26.4 Å². The first-order chi connectivity index (χ1) is 13.1. The molecule has 1 aromatic rings. The van der Waals surface area contributed by atoms with Gasteiger partial charge in [0.2, 0.25) is 11.8 Å². The predicted octanol–water partition coefficient (Wildman–Crippen LogP) is 3.60. The van der Waals surface area contributed by atoms with Gasteiger partial charge in [-0.25, -0.2) is 0 Å². The van der Waals surface area contributed by atoms with E-state index in [-0.39, 0.29) is 17.7 Å². The summed E-state index contributed by atoms with van der Waals surface area (Å²) in [7, 11) is 1.98. The molecule has 2 unspecified atom stereocenters. The Bertz CT molecular complexity index is 628. The molecule has 1 aliphatic carbocycles. The predicted molar refractivity (Wildman–Crippen MR) is 112 cm³/mol. The van der Waals surface area contributed by atoms with Crippen LogP contribution in [0.1, 0.15) is 44.1 Å². The molecule has 2 aliphatic rings. The van der Waals surface area contributed by atoms with Crippen LogP contribution in [0, 0.1) is 5.92 Å². The molecule has 1 aliphatic heterocycles. The summed E-state index contributed by atoms with van der Waals surface area (Å²) in [5.41, 5.74) is 1.21. The highest BCUT2D eigenvalue weighted by molar-refractivity contribution is 7.99. The Hall–Kier alpha value is -1.49. The number of likely N-dealkylation sites (tertiary alicyclic amines) is 1. The average Bonchev–Trinajstić information content (AvgIpc) is 3.21. The smallest absolute Gasteiger partial charge is 0.225 e. The fraction of sp³-hybridized carbons (Fsp3) is 0.636. The van der Waals surface area contributed by atoms with E-state index >= 15 is 0 Å². The molecule has 2 fully saturated rings. The van der Waals surface area contributed by atoms with Crippen LogP contribution < -0.4 is 0 Å². The number of aryl methyl sites for hydroxylation is 1. The van der Waals surface area contributed by atoms with Gasteiger partial charge >= 0.3 is 0 Å². The standard InChI is InChI=1S/C22H32N2O2S/c1-23(19-9-10-20(16-19)27-2)22(26)18-12-14-24(15-13-18)21(25)11-8-17-6-4-3-5-7-17/h3-7,18-20H,8-16H2,1-2H3. The summed E-state index contributed by atoms with van der Waals surface area (Å²) in [6.45, 7) is 1.44. The number of thioether (sulfide) groups is 1. The van der Waals surface area contributed by atoms with Crippen molar-refractivity contribution in [1.82, 2.24) is 9.80 Å². The normalized spacial score (nSPS) is 23.4. The Balaban J connectivity index is 1.42. The molecule has 1 saturated carbocycles. The maximum absolute atomic E-state index is 12.9. The molecule has 1 saturated heterocycles. The van der Waals surface area contributed by atoms with E-state index in [9.17, 15) is 9.59 Å². The fourth-order valence-corrected chi connectivity index (χ4v) is 5.17. The Kier molecular flexibility index (Phi) is 7.22. The van der Waals surface area contributed by atoms with Crippen molar-refractivity contribution in [1.29, 1.82) is 0 Å². The maximum atomic E-state index is 12.9. The Labute approximate surface area is 167 Å². The van der Waals surface area contributed by atoms with Crippen LogP contribution in [0.15, 0.2) is 30.3 Å². The van der Waals surface area contributed by atoms with E-state index in [4.69, 9.17) is 0 Å². The number of hydrogen-bond acceptors (Lipinski definition) is 3. The molecule has 5 heteroatoms. The van der Waals surface area contributed by atoms with Crippen LogP contribution in [-0.2, 0) is 16.0 Å². The third-order valence-corrected chi connectivity index (χ3v) is 7.35. The molecule has 0 radical (unpaired) electrons. The second-order valence-corrected chi connectivity index (χ2v) is 9.05. The molecule has 3 rings (SSSR count). The van der Waals surface area contributed by atoms with Gasteiger partial charge in [-0.05, 0) is 50.3 Å². The van der Waals surface area contributed by atoms with Gasteiger partial charge in [0.1, 0.15) is 0 Å². The van der Waals surface area contributed by atoms with Gasteiger partial charge in [-0.1, -0.05) is 30.3 Å². The van der Waals surface area contributed by atoms with Gasteiger partial charge in [-0.15, -0.1) is 0 Å². The van der Waals surface area contributed by atoms with E-state index in [2.05, 4.69) is 18.4 Å². The maximum Gasteiger partial charge on any atom is 0.225 e. The molecule has 0 spiro atoms. The summed E-state index contributed by atoms with van der Waals surface area (Å²) in [6, 6.07) is 10.6. The van der Waals surface area contributed by atoms with Gasteiger partial charge in [0, 0.05) is 43.8 Å². The van der Waals surface area contributed by atoms with Gasteiger partial charge in [0.15, 0.2) is 0 Å². The number of piperidine rings is 1. The third-order valence-electron chi connectivity index (χ3n) is 6.25. The highest BCUT2D eigenvalue weighted by Crippen LogP contribution is 2.32. The highest BCUT2D eigenvalue weighted by Gasteiger charge is 2.34. The second-order valence-electron chi connectivity index (χ2n) is 7.91. The van der Waals surface area contributed by atoms with Crippen LogP contribution in [0.2, 0.25) is 0 Å². The average molecular weight is 389 g/mol. The molecule has 0 bridgehead atoms. The number of rotatable bonds is 6. The zero-order valence-electron chi connectivity index (χ0n) is 16.6. The summed E-state index contributed by atoms with van der Waals surface area (Å²) in [5, 5.41) is 0.703. The van der Waals surface area contributed by atoms with Crippen molar-refractivity contribution >= 4 is 23.6 Å². The van der Waals surface area contributed by atoms with Crippen LogP contribution in [0.25, 0.3) is 0 Å².